The summed E-state index contributed by atoms with van der Waals surface area (Å²) < 4.78 is 0. The predicted molar refractivity (Wildman–Crippen MR) is 151 cm³/mol. The maximum atomic E-state index is 13.8. The average molecular weight is 552 g/mol. The molecule has 1 aliphatic heterocycles. The van der Waals surface area contributed by atoms with Crippen molar-refractivity contribution >= 4 is 46.9 Å². The molecule has 2 aromatic carbocycles. The third kappa shape index (κ3) is 5.34. The topological polar surface area (TPSA) is 127 Å². The molecule has 0 radical (unpaired) electrons. The summed E-state index contributed by atoms with van der Waals surface area (Å²) in [5.74, 6) is -1.30. The molecule has 0 atom stereocenters. The van der Waals surface area contributed by atoms with Gasteiger partial charge in [-0.1, -0.05) is 18.2 Å². The maximum absolute atomic E-state index is 13.8. The van der Waals surface area contributed by atoms with Gasteiger partial charge in [-0.05, 0) is 79.1 Å². The van der Waals surface area contributed by atoms with Crippen LogP contribution in [0, 0.1) is 13.8 Å². The molecular weight excluding hydrogens is 526 g/mol. The number of thioether (sulfide) groups is 1. The molecule has 0 aliphatic carbocycles. The molecule has 1 aliphatic rings. The van der Waals surface area contributed by atoms with Gasteiger partial charge in [0.05, 0.1) is 22.4 Å². The largest absolute Gasteiger partial charge is 0.366 e. The third-order valence-corrected chi connectivity index (χ3v) is 7.41. The first-order valence-corrected chi connectivity index (χ1v) is 13.4. The van der Waals surface area contributed by atoms with E-state index in [-0.39, 0.29) is 11.1 Å². The van der Waals surface area contributed by atoms with E-state index in [1.54, 1.807) is 60.9 Å². The standard InChI is InChI=1S/C30H25N5O4S/c1-18-12-19(2)14-21(13-18)35(26(36)16-34-29(38)22-6-3-4-7-23(22)30(34)39)25-15-20(9-11-32-25)17-40-28-24(27(31)37)8-5-10-33-28/h3-15H,16-17H2,1-2H3,(H2,31,37). The molecule has 5 rings (SSSR count). The van der Waals surface area contributed by atoms with E-state index in [9.17, 15) is 19.2 Å². The van der Waals surface area contributed by atoms with E-state index in [2.05, 4.69) is 9.97 Å². The number of amides is 4. The number of benzene rings is 2. The van der Waals surface area contributed by atoms with Gasteiger partial charge in [0, 0.05) is 18.1 Å². The number of hydrogen-bond donors (Lipinski definition) is 1. The number of aromatic nitrogens is 2. The van der Waals surface area contributed by atoms with Gasteiger partial charge in [-0.15, -0.1) is 11.8 Å². The molecule has 9 nitrogen and oxygen atoms in total. The fraction of sp³-hybridized carbons (Fsp3) is 0.133. The second kappa shape index (κ2) is 11.1. The zero-order chi connectivity index (χ0) is 28.4. The van der Waals surface area contributed by atoms with E-state index in [1.165, 1.54) is 16.7 Å². The second-order valence-corrected chi connectivity index (χ2v) is 10.3. The summed E-state index contributed by atoms with van der Waals surface area (Å²) in [6.45, 7) is 3.40. The van der Waals surface area contributed by atoms with Crippen molar-refractivity contribution < 1.29 is 19.2 Å². The third-order valence-electron chi connectivity index (χ3n) is 6.34. The van der Waals surface area contributed by atoms with Gasteiger partial charge < -0.3 is 5.73 Å². The van der Waals surface area contributed by atoms with E-state index in [0.717, 1.165) is 21.6 Å². The number of nitrogens with two attached hydrogens (primary N) is 1. The highest BCUT2D eigenvalue weighted by molar-refractivity contribution is 7.98. The number of imide groups is 1. The number of aryl methyl sites for hydroxylation is 2. The van der Waals surface area contributed by atoms with E-state index in [0.29, 0.717) is 27.8 Å². The van der Waals surface area contributed by atoms with Crippen molar-refractivity contribution in [2.75, 3.05) is 11.4 Å². The summed E-state index contributed by atoms with van der Waals surface area (Å²) in [5, 5.41) is 0.501. The monoisotopic (exact) mass is 551 g/mol. The molecular formula is C30H25N5O4S. The van der Waals surface area contributed by atoms with Gasteiger partial charge in [0.25, 0.3) is 23.6 Å². The van der Waals surface area contributed by atoms with Crippen LogP contribution in [-0.2, 0) is 10.5 Å². The van der Waals surface area contributed by atoms with Crippen molar-refractivity contribution in [2.45, 2.75) is 24.6 Å². The van der Waals surface area contributed by atoms with Gasteiger partial charge >= 0.3 is 0 Å². The Morgan fingerprint density at radius 3 is 2.20 bits per heavy atom. The van der Waals surface area contributed by atoms with Gasteiger partial charge in [-0.25, -0.2) is 9.97 Å². The van der Waals surface area contributed by atoms with Crippen LogP contribution in [0.4, 0.5) is 11.5 Å². The van der Waals surface area contributed by atoms with Gasteiger partial charge in [0.2, 0.25) is 0 Å². The smallest absolute Gasteiger partial charge is 0.262 e. The summed E-state index contributed by atoms with van der Waals surface area (Å²) in [6.07, 6.45) is 3.18. The Balaban J connectivity index is 1.46. The van der Waals surface area contributed by atoms with Crippen molar-refractivity contribution in [1.82, 2.24) is 14.9 Å². The minimum atomic E-state index is -0.564. The summed E-state index contributed by atoms with van der Waals surface area (Å²) >= 11 is 1.34. The van der Waals surface area contributed by atoms with Crippen molar-refractivity contribution in [3.63, 3.8) is 0 Å². The van der Waals surface area contributed by atoms with Crippen molar-refractivity contribution in [1.29, 1.82) is 0 Å². The van der Waals surface area contributed by atoms with Gasteiger partial charge in [0.15, 0.2) is 0 Å². The molecule has 10 heteroatoms. The Kier molecular flexibility index (Phi) is 7.43. The first kappa shape index (κ1) is 26.8. The molecule has 0 fully saturated rings. The van der Waals surface area contributed by atoms with E-state index >= 15 is 0 Å². The van der Waals surface area contributed by atoms with E-state index in [4.69, 9.17) is 5.73 Å². The maximum Gasteiger partial charge on any atom is 0.262 e. The SMILES string of the molecule is Cc1cc(C)cc(N(C(=O)CN2C(=O)c3ccccc3C2=O)c2cc(CSc3ncccc3C(N)=O)ccn2)c1. The highest BCUT2D eigenvalue weighted by Gasteiger charge is 2.37. The van der Waals surface area contributed by atoms with Crippen LogP contribution in [0.3, 0.4) is 0 Å². The van der Waals surface area contributed by atoms with Crippen LogP contribution in [0.5, 0.6) is 0 Å². The summed E-state index contributed by atoms with van der Waals surface area (Å²) in [7, 11) is 0. The molecule has 40 heavy (non-hydrogen) atoms. The molecule has 0 saturated carbocycles. The number of anilines is 2. The summed E-state index contributed by atoms with van der Waals surface area (Å²) in [5.41, 5.74) is 9.63. The number of hydrogen-bond acceptors (Lipinski definition) is 7. The minimum absolute atomic E-state index is 0.278. The molecule has 3 heterocycles. The molecule has 2 N–H and O–H groups in total. The average Bonchev–Trinajstić information content (AvgIpc) is 3.17. The quantitative estimate of drug-likeness (QED) is 0.253. The van der Waals surface area contributed by atoms with E-state index < -0.39 is 30.2 Å². The first-order chi connectivity index (χ1) is 19.2. The van der Waals surface area contributed by atoms with Crippen LogP contribution in [0.1, 0.15) is 47.8 Å². The molecule has 200 valence electrons. The Morgan fingerprint density at radius 1 is 0.875 bits per heavy atom. The molecule has 0 unspecified atom stereocenters. The number of nitrogens with zero attached hydrogens (tertiary/aromatic N) is 4. The number of fused-ring (bicyclic) bond motifs is 1. The lowest BCUT2D eigenvalue weighted by molar-refractivity contribution is -0.118. The Hall–Kier alpha value is -4.83. The van der Waals surface area contributed by atoms with Gasteiger partial charge in [0.1, 0.15) is 17.4 Å². The van der Waals surface area contributed by atoms with E-state index in [1.807, 2.05) is 32.0 Å². The molecule has 0 spiro atoms. The summed E-state index contributed by atoms with van der Waals surface area (Å²) in [6, 6.07) is 19.0. The number of carbonyl (C=O) groups is 4. The Labute approximate surface area is 235 Å². The minimum Gasteiger partial charge on any atom is -0.366 e. The lowest BCUT2D eigenvalue weighted by Gasteiger charge is -2.25. The Bertz CT molecular complexity index is 1620. The normalized spacial score (nSPS) is 12.4. The molecule has 0 saturated heterocycles. The van der Waals surface area contributed by atoms with Crippen LogP contribution >= 0.6 is 11.8 Å². The van der Waals surface area contributed by atoms with Crippen molar-refractivity contribution in [2.24, 2.45) is 5.73 Å². The van der Waals surface area contributed by atoms with Crippen LogP contribution < -0.4 is 10.6 Å². The van der Waals surface area contributed by atoms with Gasteiger partial charge in [-0.3, -0.25) is 29.0 Å². The second-order valence-electron chi connectivity index (χ2n) is 9.35. The van der Waals surface area contributed by atoms with Crippen molar-refractivity contribution in [3.05, 3.63) is 113 Å². The van der Waals surface area contributed by atoms with Crippen LogP contribution in [0.25, 0.3) is 0 Å². The molecule has 4 amide bonds. The number of primary amides is 1. The number of pyridine rings is 2. The van der Waals surface area contributed by atoms with Crippen LogP contribution in [0.15, 0.2) is 84.1 Å². The lowest BCUT2D eigenvalue weighted by atomic mass is 10.1. The fourth-order valence-electron chi connectivity index (χ4n) is 4.59. The molecule has 0 bridgehead atoms. The van der Waals surface area contributed by atoms with Crippen LogP contribution in [-0.4, -0.2) is 45.0 Å². The summed E-state index contributed by atoms with van der Waals surface area (Å²) in [4.78, 5) is 62.7. The first-order valence-electron chi connectivity index (χ1n) is 12.4. The zero-order valence-electron chi connectivity index (χ0n) is 21.8. The molecule has 4 aromatic rings. The Morgan fingerprint density at radius 2 is 1.55 bits per heavy atom. The van der Waals surface area contributed by atoms with Gasteiger partial charge in [-0.2, -0.15) is 0 Å². The number of carbonyl (C=O) groups excluding carboxylic acids is 4. The van der Waals surface area contributed by atoms with Crippen LogP contribution in [0.2, 0.25) is 0 Å². The fourth-order valence-corrected chi connectivity index (χ4v) is 5.53. The molecule has 2 aromatic heterocycles. The highest BCUT2D eigenvalue weighted by atomic mass is 32.2. The predicted octanol–water partition coefficient (Wildman–Crippen LogP) is 4.45. The highest BCUT2D eigenvalue weighted by Crippen LogP contribution is 2.30. The number of rotatable bonds is 8. The lowest BCUT2D eigenvalue weighted by Crippen LogP contribution is -2.41. The van der Waals surface area contributed by atoms with Crippen molar-refractivity contribution in [3.8, 4) is 0 Å². The zero-order valence-corrected chi connectivity index (χ0v) is 22.6.